The molecular weight excluding hydrogens is 340 g/mol. The highest BCUT2D eigenvalue weighted by Gasteiger charge is 2.20. The van der Waals surface area contributed by atoms with E-state index in [1.54, 1.807) is 0 Å². The van der Waals surface area contributed by atoms with Crippen LogP contribution in [-0.2, 0) is 11.3 Å². The van der Waals surface area contributed by atoms with E-state index in [0.29, 0.717) is 25.1 Å². The van der Waals surface area contributed by atoms with Crippen LogP contribution in [0.3, 0.4) is 0 Å². The van der Waals surface area contributed by atoms with Crippen LogP contribution in [-0.4, -0.2) is 67.4 Å². The van der Waals surface area contributed by atoms with Gasteiger partial charge >= 0.3 is 0 Å². The van der Waals surface area contributed by atoms with Gasteiger partial charge in [0.25, 0.3) is 5.91 Å². The molecule has 2 aliphatic heterocycles. The van der Waals surface area contributed by atoms with Gasteiger partial charge in [0.15, 0.2) is 0 Å². The summed E-state index contributed by atoms with van der Waals surface area (Å²) in [5, 5.41) is 6.30. The average Bonchev–Trinajstić information content (AvgIpc) is 3.01. The van der Waals surface area contributed by atoms with Crippen molar-refractivity contribution < 1.29 is 9.59 Å². The van der Waals surface area contributed by atoms with Gasteiger partial charge < -0.3 is 15.5 Å². The normalized spacial score (nSPS) is 18.1. The number of amides is 2. The number of halogens is 1. The van der Waals surface area contributed by atoms with E-state index in [1.807, 2.05) is 29.2 Å². The van der Waals surface area contributed by atoms with Crippen LogP contribution in [0, 0.1) is 0 Å². The van der Waals surface area contributed by atoms with Crippen molar-refractivity contribution in [3.8, 4) is 0 Å². The second-order valence-electron chi connectivity index (χ2n) is 6.46. The first kappa shape index (κ1) is 19.7. The molecule has 1 aromatic carbocycles. The number of carbonyl (C=O) groups is 2. The lowest BCUT2D eigenvalue weighted by Gasteiger charge is -2.27. The van der Waals surface area contributed by atoms with Gasteiger partial charge in [0, 0.05) is 64.3 Å². The Bertz CT molecular complexity index is 573. The zero-order valence-corrected chi connectivity index (χ0v) is 15.3. The van der Waals surface area contributed by atoms with E-state index >= 15 is 0 Å². The highest BCUT2D eigenvalue weighted by Crippen LogP contribution is 2.14. The van der Waals surface area contributed by atoms with Crippen molar-refractivity contribution in [2.45, 2.75) is 19.4 Å². The van der Waals surface area contributed by atoms with Gasteiger partial charge in [-0.05, 0) is 24.1 Å². The average molecular weight is 367 g/mol. The zero-order chi connectivity index (χ0) is 16.8. The van der Waals surface area contributed by atoms with Crippen LogP contribution in [0.15, 0.2) is 24.3 Å². The van der Waals surface area contributed by atoms with Gasteiger partial charge in [-0.15, -0.1) is 12.4 Å². The Morgan fingerprint density at radius 1 is 1.12 bits per heavy atom. The Morgan fingerprint density at radius 2 is 1.84 bits per heavy atom. The maximum Gasteiger partial charge on any atom is 0.251 e. The Balaban J connectivity index is 0.00000225. The molecule has 0 aliphatic carbocycles. The molecule has 2 saturated heterocycles. The van der Waals surface area contributed by atoms with Crippen molar-refractivity contribution in [2.75, 3.05) is 45.8 Å². The van der Waals surface area contributed by atoms with Gasteiger partial charge in [0.05, 0.1) is 0 Å². The van der Waals surface area contributed by atoms with E-state index in [-0.39, 0.29) is 24.2 Å². The van der Waals surface area contributed by atoms with E-state index in [0.717, 1.165) is 51.3 Å². The number of benzene rings is 1. The summed E-state index contributed by atoms with van der Waals surface area (Å²) in [7, 11) is 0. The second-order valence-corrected chi connectivity index (χ2v) is 6.46. The first-order valence-electron chi connectivity index (χ1n) is 8.80. The second kappa shape index (κ2) is 9.75. The zero-order valence-electron chi connectivity index (χ0n) is 14.5. The quantitative estimate of drug-likeness (QED) is 0.784. The fourth-order valence-electron chi connectivity index (χ4n) is 3.22. The lowest BCUT2D eigenvalue weighted by molar-refractivity contribution is -0.128. The number of rotatable bonds is 6. The van der Waals surface area contributed by atoms with Gasteiger partial charge in [0.2, 0.25) is 5.91 Å². The van der Waals surface area contributed by atoms with Crippen LogP contribution >= 0.6 is 12.4 Å². The molecule has 2 N–H and O–H groups in total. The number of hydrogen-bond donors (Lipinski definition) is 2. The highest BCUT2D eigenvalue weighted by atomic mass is 35.5. The lowest BCUT2D eigenvalue weighted by atomic mass is 10.1. The molecule has 7 heteroatoms. The molecule has 0 spiro atoms. The molecule has 0 unspecified atom stereocenters. The molecule has 6 nitrogen and oxygen atoms in total. The topological polar surface area (TPSA) is 64.7 Å². The van der Waals surface area contributed by atoms with Gasteiger partial charge in [-0.2, -0.15) is 0 Å². The maximum atomic E-state index is 12.2. The van der Waals surface area contributed by atoms with Crippen LogP contribution in [0.2, 0.25) is 0 Å². The number of carbonyl (C=O) groups excluding carboxylic acids is 2. The van der Waals surface area contributed by atoms with E-state index < -0.39 is 0 Å². The molecule has 3 rings (SSSR count). The smallest absolute Gasteiger partial charge is 0.251 e. The van der Waals surface area contributed by atoms with Crippen LogP contribution in [0.5, 0.6) is 0 Å². The Kier molecular flexibility index (Phi) is 7.68. The van der Waals surface area contributed by atoms with Crippen LogP contribution in [0.25, 0.3) is 0 Å². The lowest BCUT2D eigenvalue weighted by Crippen LogP contribution is -2.46. The molecular formula is C18H27ClN4O2. The Morgan fingerprint density at radius 3 is 2.48 bits per heavy atom. The molecule has 2 amide bonds. The SMILES string of the molecule is Cl.O=C(NCCN1CCNCC1)c1ccc(CN2CCCC2=O)cc1. The molecule has 138 valence electrons. The molecule has 2 aliphatic rings. The minimum Gasteiger partial charge on any atom is -0.351 e. The van der Waals surface area contributed by atoms with E-state index in [1.165, 1.54) is 0 Å². The van der Waals surface area contributed by atoms with E-state index in [4.69, 9.17) is 0 Å². The van der Waals surface area contributed by atoms with Crippen molar-refractivity contribution in [3.63, 3.8) is 0 Å². The fourth-order valence-corrected chi connectivity index (χ4v) is 3.22. The summed E-state index contributed by atoms with van der Waals surface area (Å²) in [4.78, 5) is 28.1. The monoisotopic (exact) mass is 366 g/mol. The molecule has 2 fully saturated rings. The number of hydrogen-bond acceptors (Lipinski definition) is 4. The Hall–Kier alpha value is -1.63. The predicted octanol–water partition coefficient (Wildman–Crippen LogP) is 0.866. The molecule has 0 radical (unpaired) electrons. The van der Waals surface area contributed by atoms with Crippen molar-refractivity contribution in [1.29, 1.82) is 0 Å². The number of likely N-dealkylation sites (tertiary alicyclic amines) is 1. The maximum absolute atomic E-state index is 12.2. The number of piperazine rings is 1. The van der Waals surface area contributed by atoms with Gasteiger partial charge in [-0.3, -0.25) is 14.5 Å². The van der Waals surface area contributed by atoms with Crippen molar-refractivity contribution in [3.05, 3.63) is 35.4 Å². The third-order valence-electron chi connectivity index (χ3n) is 4.68. The molecule has 0 aromatic heterocycles. The first-order valence-corrected chi connectivity index (χ1v) is 8.80. The summed E-state index contributed by atoms with van der Waals surface area (Å²) in [6.07, 6.45) is 1.61. The third kappa shape index (κ3) is 5.70. The van der Waals surface area contributed by atoms with Crippen molar-refractivity contribution >= 4 is 24.2 Å². The minimum atomic E-state index is -0.0334. The standard InChI is InChI=1S/C18H26N4O2.ClH/c23-17-2-1-10-22(17)14-15-3-5-16(6-4-15)18(24)20-9-13-21-11-7-19-8-12-21;/h3-6,19H,1-2,7-14H2,(H,20,24);1H. The third-order valence-corrected chi connectivity index (χ3v) is 4.68. The summed E-state index contributed by atoms with van der Waals surface area (Å²) >= 11 is 0. The minimum absolute atomic E-state index is 0. The first-order chi connectivity index (χ1) is 11.7. The molecule has 2 heterocycles. The summed E-state index contributed by atoms with van der Waals surface area (Å²) in [6.45, 7) is 7.17. The molecule has 0 saturated carbocycles. The van der Waals surface area contributed by atoms with Crippen molar-refractivity contribution in [2.24, 2.45) is 0 Å². The summed E-state index contributed by atoms with van der Waals surface area (Å²) in [5.41, 5.74) is 1.74. The molecule has 1 aromatic rings. The van der Waals surface area contributed by atoms with Crippen LogP contribution in [0.4, 0.5) is 0 Å². The van der Waals surface area contributed by atoms with Crippen molar-refractivity contribution in [1.82, 2.24) is 20.4 Å². The van der Waals surface area contributed by atoms with Crippen LogP contribution < -0.4 is 10.6 Å². The van der Waals surface area contributed by atoms with Gasteiger partial charge in [0.1, 0.15) is 0 Å². The largest absolute Gasteiger partial charge is 0.351 e. The highest BCUT2D eigenvalue weighted by molar-refractivity contribution is 5.94. The summed E-state index contributed by atoms with van der Waals surface area (Å²) < 4.78 is 0. The van der Waals surface area contributed by atoms with E-state index in [2.05, 4.69) is 15.5 Å². The van der Waals surface area contributed by atoms with E-state index in [9.17, 15) is 9.59 Å². The van der Waals surface area contributed by atoms with Crippen LogP contribution in [0.1, 0.15) is 28.8 Å². The summed E-state index contributed by atoms with van der Waals surface area (Å²) in [6, 6.07) is 7.57. The molecule has 25 heavy (non-hydrogen) atoms. The number of nitrogens with one attached hydrogen (secondary N) is 2. The molecule has 0 bridgehead atoms. The van der Waals surface area contributed by atoms with Gasteiger partial charge in [-0.1, -0.05) is 12.1 Å². The Labute approximate surface area is 155 Å². The fraction of sp³-hybridized carbons (Fsp3) is 0.556. The number of nitrogens with zero attached hydrogens (tertiary/aromatic N) is 2. The predicted molar refractivity (Wildman–Crippen MR) is 100.0 cm³/mol. The molecule has 0 atom stereocenters. The summed E-state index contributed by atoms with van der Waals surface area (Å²) in [5.74, 6) is 0.193. The van der Waals surface area contributed by atoms with Gasteiger partial charge in [-0.25, -0.2) is 0 Å².